The van der Waals surface area contributed by atoms with E-state index in [1.165, 1.54) is 6.07 Å². The molecule has 28 heavy (non-hydrogen) atoms. The Balaban J connectivity index is 2.01. The van der Waals surface area contributed by atoms with Gasteiger partial charge in [0.2, 0.25) is 0 Å². The van der Waals surface area contributed by atoms with Gasteiger partial charge < -0.3 is 10.6 Å². The van der Waals surface area contributed by atoms with E-state index in [0.29, 0.717) is 30.4 Å². The Morgan fingerprint density at radius 1 is 1.14 bits per heavy atom. The molecule has 0 fully saturated rings. The number of guanidine groups is 1. The summed E-state index contributed by atoms with van der Waals surface area (Å²) < 4.78 is 51.0. The summed E-state index contributed by atoms with van der Waals surface area (Å²) in [5.74, 6) is 0.830. The van der Waals surface area contributed by atoms with E-state index < -0.39 is 22.5 Å². The summed E-state index contributed by atoms with van der Waals surface area (Å²) in [5.41, 5.74) is -0.174. The number of nitrogens with one attached hydrogen (secondary N) is 2. The lowest BCUT2D eigenvalue weighted by Crippen LogP contribution is -2.39. The Morgan fingerprint density at radius 3 is 2.50 bits per heavy atom. The fraction of sp³-hybridized carbons (Fsp3) is 0.350. The molecule has 0 amide bonds. The zero-order chi connectivity index (χ0) is 20.6. The number of alkyl halides is 3. The lowest BCUT2D eigenvalue weighted by molar-refractivity contribution is -0.137. The molecule has 2 unspecified atom stereocenters. The summed E-state index contributed by atoms with van der Waals surface area (Å²) in [6.07, 6.45) is -4.38. The van der Waals surface area contributed by atoms with Gasteiger partial charge in [-0.2, -0.15) is 13.2 Å². The molecule has 0 bridgehead atoms. The van der Waals surface area contributed by atoms with Crippen molar-refractivity contribution >= 4 is 16.8 Å². The monoisotopic (exact) mass is 411 g/mol. The fourth-order valence-electron chi connectivity index (χ4n) is 2.52. The molecule has 0 spiro atoms. The summed E-state index contributed by atoms with van der Waals surface area (Å²) >= 11 is 0. The predicted molar refractivity (Wildman–Crippen MR) is 107 cm³/mol. The maximum absolute atomic E-state index is 12.9. The highest BCUT2D eigenvalue weighted by Crippen LogP contribution is 2.30. The Morgan fingerprint density at radius 2 is 1.86 bits per heavy atom. The van der Waals surface area contributed by atoms with Gasteiger partial charge in [-0.05, 0) is 43.7 Å². The lowest BCUT2D eigenvalue weighted by atomic mass is 10.1. The topological polar surface area (TPSA) is 53.5 Å². The SMILES string of the molecule is CCNC(=NCCS(=O)c1ccccc1)NC(C)c1cccc(C(F)(F)F)c1. The van der Waals surface area contributed by atoms with E-state index in [0.717, 1.165) is 17.0 Å². The molecule has 0 saturated carbocycles. The Hall–Kier alpha value is -2.35. The van der Waals surface area contributed by atoms with Crippen LogP contribution in [0.2, 0.25) is 0 Å². The van der Waals surface area contributed by atoms with Crippen LogP contribution in [0.1, 0.15) is 31.0 Å². The third-order valence-electron chi connectivity index (χ3n) is 3.96. The summed E-state index contributed by atoms with van der Waals surface area (Å²) in [6.45, 7) is 4.59. The van der Waals surface area contributed by atoms with Crippen LogP contribution in [-0.2, 0) is 17.0 Å². The first kappa shape index (κ1) is 21.9. The third-order valence-corrected chi connectivity index (χ3v) is 5.32. The van der Waals surface area contributed by atoms with Crippen LogP contribution in [0.4, 0.5) is 13.2 Å². The summed E-state index contributed by atoms with van der Waals surface area (Å²) in [6, 6.07) is 14.0. The second-order valence-electron chi connectivity index (χ2n) is 6.11. The average molecular weight is 411 g/mol. The molecular weight excluding hydrogens is 387 g/mol. The van der Waals surface area contributed by atoms with Crippen LogP contribution in [0.25, 0.3) is 0 Å². The van der Waals surface area contributed by atoms with Gasteiger partial charge in [-0.1, -0.05) is 30.3 Å². The van der Waals surface area contributed by atoms with Crippen molar-refractivity contribution in [2.75, 3.05) is 18.8 Å². The van der Waals surface area contributed by atoms with Crippen LogP contribution in [0.15, 0.2) is 64.5 Å². The summed E-state index contributed by atoms with van der Waals surface area (Å²) in [4.78, 5) is 5.14. The Bertz CT molecular complexity index is 810. The molecule has 4 nitrogen and oxygen atoms in total. The number of rotatable bonds is 7. The van der Waals surface area contributed by atoms with Crippen molar-refractivity contribution in [2.24, 2.45) is 4.99 Å². The van der Waals surface area contributed by atoms with Crippen molar-refractivity contribution in [1.29, 1.82) is 0 Å². The van der Waals surface area contributed by atoms with Gasteiger partial charge in [0.05, 0.1) is 28.9 Å². The number of nitrogens with zero attached hydrogens (tertiary/aromatic N) is 1. The molecule has 0 aliphatic rings. The van der Waals surface area contributed by atoms with Crippen LogP contribution < -0.4 is 10.6 Å². The molecule has 0 saturated heterocycles. The third kappa shape index (κ3) is 6.67. The minimum atomic E-state index is -4.38. The van der Waals surface area contributed by atoms with E-state index in [1.807, 2.05) is 25.1 Å². The second-order valence-corrected chi connectivity index (χ2v) is 7.68. The molecule has 0 aliphatic carbocycles. The number of hydrogen-bond acceptors (Lipinski definition) is 2. The fourth-order valence-corrected chi connectivity index (χ4v) is 3.48. The molecule has 2 aromatic carbocycles. The molecule has 2 N–H and O–H groups in total. The first-order chi connectivity index (χ1) is 13.3. The maximum Gasteiger partial charge on any atom is 0.416 e. The normalized spacial score (nSPS) is 14.4. The van der Waals surface area contributed by atoms with E-state index in [4.69, 9.17) is 0 Å². The molecule has 0 aliphatic heterocycles. The van der Waals surface area contributed by atoms with Crippen LogP contribution in [-0.4, -0.2) is 29.0 Å². The minimum Gasteiger partial charge on any atom is -0.357 e. The van der Waals surface area contributed by atoms with Gasteiger partial charge in [-0.25, -0.2) is 0 Å². The summed E-state index contributed by atoms with van der Waals surface area (Å²) in [7, 11) is -1.15. The zero-order valence-electron chi connectivity index (χ0n) is 15.8. The van der Waals surface area contributed by atoms with Crippen LogP contribution in [0.5, 0.6) is 0 Å². The number of halogens is 3. The highest BCUT2D eigenvalue weighted by molar-refractivity contribution is 7.85. The Kier molecular flexibility index (Phi) is 8.04. The van der Waals surface area contributed by atoms with E-state index in [2.05, 4.69) is 15.6 Å². The van der Waals surface area contributed by atoms with Crippen LogP contribution in [0, 0.1) is 0 Å². The molecule has 8 heteroatoms. The highest BCUT2D eigenvalue weighted by Gasteiger charge is 2.30. The first-order valence-corrected chi connectivity index (χ1v) is 10.3. The van der Waals surface area contributed by atoms with Crippen molar-refractivity contribution < 1.29 is 17.4 Å². The molecule has 0 radical (unpaired) electrons. The minimum absolute atomic E-state index is 0.326. The smallest absolute Gasteiger partial charge is 0.357 e. The molecule has 0 aromatic heterocycles. The van der Waals surface area contributed by atoms with Gasteiger partial charge in [0.1, 0.15) is 0 Å². The summed E-state index contributed by atoms with van der Waals surface area (Å²) in [5, 5.41) is 6.16. The molecule has 2 rings (SSSR count). The van der Waals surface area contributed by atoms with E-state index >= 15 is 0 Å². The molecular formula is C20H24F3N3OS. The van der Waals surface area contributed by atoms with Crippen molar-refractivity contribution in [1.82, 2.24) is 10.6 Å². The molecule has 2 aromatic rings. The lowest BCUT2D eigenvalue weighted by Gasteiger charge is -2.19. The number of benzene rings is 2. The van der Waals surface area contributed by atoms with Crippen LogP contribution in [0.3, 0.4) is 0 Å². The van der Waals surface area contributed by atoms with Crippen molar-refractivity contribution in [2.45, 2.75) is 31.0 Å². The average Bonchev–Trinajstić information content (AvgIpc) is 2.68. The van der Waals surface area contributed by atoms with Gasteiger partial charge in [0, 0.05) is 17.2 Å². The van der Waals surface area contributed by atoms with E-state index in [-0.39, 0.29) is 6.04 Å². The highest BCUT2D eigenvalue weighted by atomic mass is 32.2. The van der Waals surface area contributed by atoms with Gasteiger partial charge >= 0.3 is 6.18 Å². The quantitative estimate of drug-likeness (QED) is 0.532. The zero-order valence-corrected chi connectivity index (χ0v) is 16.6. The first-order valence-electron chi connectivity index (χ1n) is 8.96. The van der Waals surface area contributed by atoms with Gasteiger partial charge in [-0.3, -0.25) is 9.20 Å². The van der Waals surface area contributed by atoms with Crippen LogP contribution >= 0.6 is 0 Å². The predicted octanol–water partition coefficient (Wildman–Crippen LogP) is 4.13. The van der Waals surface area contributed by atoms with Gasteiger partial charge in [0.15, 0.2) is 5.96 Å². The number of hydrogen-bond donors (Lipinski definition) is 2. The number of aliphatic imine (C=N–C) groups is 1. The van der Waals surface area contributed by atoms with Gasteiger partial charge in [-0.15, -0.1) is 0 Å². The van der Waals surface area contributed by atoms with Gasteiger partial charge in [0.25, 0.3) is 0 Å². The van der Waals surface area contributed by atoms with E-state index in [1.54, 1.807) is 25.1 Å². The van der Waals surface area contributed by atoms with Crippen molar-refractivity contribution in [3.05, 3.63) is 65.7 Å². The Labute approximate surface area is 165 Å². The van der Waals surface area contributed by atoms with Crippen molar-refractivity contribution in [3.8, 4) is 0 Å². The second kappa shape index (κ2) is 10.3. The molecule has 0 heterocycles. The largest absolute Gasteiger partial charge is 0.416 e. The molecule has 2 atom stereocenters. The maximum atomic E-state index is 12.9. The molecule has 152 valence electrons. The standard InChI is InChI=1S/C20H24F3N3OS/c1-3-24-19(25-12-13-28(27)18-10-5-4-6-11-18)26-15(2)16-8-7-9-17(14-16)20(21,22)23/h4-11,14-15H,3,12-13H2,1-2H3,(H2,24,25,26). The van der Waals surface area contributed by atoms with Crippen molar-refractivity contribution in [3.63, 3.8) is 0 Å². The van der Waals surface area contributed by atoms with E-state index in [9.17, 15) is 17.4 Å².